The average molecular weight is 195 g/mol. The van der Waals surface area contributed by atoms with Crippen molar-refractivity contribution in [3.8, 4) is 0 Å². The molecule has 0 saturated heterocycles. The fraction of sp³-hybridized carbons (Fsp3) is 0.375. The molecular weight excluding hydrogens is 182 g/mol. The molecule has 0 aromatic carbocycles. The van der Waals surface area contributed by atoms with Crippen LogP contribution in [0.4, 0.5) is 10.6 Å². The van der Waals surface area contributed by atoms with Crippen LogP contribution in [-0.4, -0.2) is 22.5 Å². The number of anilines is 1. The highest BCUT2D eigenvalue weighted by molar-refractivity contribution is 5.73. The van der Waals surface area contributed by atoms with Gasteiger partial charge in [-0.15, -0.1) is 0 Å². The van der Waals surface area contributed by atoms with E-state index in [-0.39, 0.29) is 6.03 Å². The summed E-state index contributed by atoms with van der Waals surface area (Å²) in [5.41, 5.74) is 6.27. The standard InChI is InChI=1S/C8H13N5O/c1-2-11-8(14)12-4-6-3-10-5-13-7(6)9/h3,5H,2,4H2,1H3,(H2,9,10,13)(H2,11,12,14). The molecule has 0 aliphatic rings. The van der Waals surface area contributed by atoms with Gasteiger partial charge in [-0.25, -0.2) is 14.8 Å². The second-order valence-electron chi connectivity index (χ2n) is 2.65. The molecular formula is C8H13N5O. The SMILES string of the molecule is CCNC(=O)NCc1cncnc1N. The van der Waals surface area contributed by atoms with E-state index in [0.29, 0.717) is 24.5 Å². The first-order valence-corrected chi connectivity index (χ1v) is 4.30. The van der Waals surface area contributed by atoms with Gasteiger partial charge in [-0.1, -0.05) is 0 Å². The molecule has 76 valence electrons. The van der Waals surface area contributed by atoms with Crippen molar-refractivity contribution in [1.29, 1.82) is 0 Å². The molecule has 0 saturated carbocycles. The zero-order valence-corrected chi connectivity index (χ0v) is 7.95. The summed E-state index contributed by atoms with van der Waals surface area (Å²) < 4.78 is 0. The van der Waals surface area contributed by atoms with E-state index < -0.39 is 0 Å². The van der Waals surface area contributed by atoms with Crippen molar-refractivity contribution < 1.29 is 4.79 Å². The molecule has 0 atom stereocenters. The maximum Gasteiger partial charge on any atom is 0.315 e. The molecule has 0 spiro atoms. The van der Waals surface area contributed by atoms with Crippen LogP contribution in [0.3, 0.4) is 0 Å². The van der Waals surface area contributed by atoms with Gasteiger partial charge < -0.3 is 16.4 Å². The summed E-state index contributed by atoms with van der Waals surface area (Å²) in [4.78, 5) is 18.6. The molecule has 0 fully saturated rings. The summed E-state index contributed by atoms with van der Waals surface area (Å²) in [6, 6.07) is -0.226. The molecule has 0 aliphatic heterocycles. The number of nitrogens with two attached hydrogens (primary N) is 1. The molecule has 6 heteroatoms. The van der Waals surface area contributed by atoms with Gasteiger partial charge >= 0.3 is 6.03 Å². The Morgan fingerprint density at radius 3 is 3.00 bits per heavy atom. The van der Waals surface area contributed by atoms with E-state index in [1.165, 1.54) is 6.33 Å². The van der Waals surface area contributed by atoms with Crippen LogP contribution < -0.4 is 16.4 Å². The topological polar surface area (TPSA) is 92.9 Å². The van der Waals surface area contributed by atoms with Crippen LogP contribution in [0.25, 0.3) is 0 Å². The van der Waals surface area contributed by atoms with Crippen LogP contribution in [0, 0.1) is 0 Å². The van der Waals surface area contributed by atoms with Crippen LogP contribution in [0.15, 0.2) is 12.5 Å². The lowest BCUT2D eigenvalue weighted by Crippen LogP contribution is -2.34. The van der Waals surface area contributed by atoms with Gasteiger partial charge in [0.1, 0.15) is 12.1 Å². The minimum absolute atomic E-state index is 0.226. The van der Waals surface area contributed by atoms with Gasteiger partial charge in [0.15, 0.2) is 0 Å². The van der Waals surface area contributed by atoms with Gasteiger partial charge in [0, 0.05) is 24.8 Å². The Bertz CT molecular complexity index is 314. The van der Waals surface area contributed by atoms with E-state index in [2.05, 4.69) is 20.6 Å². The first-order valence-electron chi connectivity index (χ1n) is 4.30. The van der Waals surface area contributed by atoms with Crippen LogP contribution in [0.1, 0.15) is 12.5 Å². The van der Waals surface area contributed by atoms with Crippen LogP contribution in [0.2, 0.25) is 0 Å². The molecule has 1 rings (SSSR count). The quantitative estimate of drug-likeness (QED) is 0.626. The van der Waals surface area contributed by atoms with Crippen LogP contribution >= 0.6 is 0 Å². The number of carbonyl (C=O) groups excluding carboxylic acids is 1. The molecule has 4 N–H and O–H groups in total. The Balaban J connectivity index is 2.46. The Labute approximate surface area is 81.9 Å². The van der Waals surface area contributed by atoms with Gasteiger partial charge in [-0.2, -0.15) is 0 Å². The zero-order chi connectivity index (χ0) is 10.4. The van der Waals surface area contributed by atoms with Gasteiger partial charge in [-0.05, 0) is 6.92 Å². The highest BCUT2D eigenvalue weighted by Crippen LogP contribution is 2.03. The highest BCUT2D eigenvalue weighted by Gasteiger charge is 2.01. The largest absolute Gasteiger partial charge is 0.383 e. The summed E-state index contributed by atoms with van der Waals surface area (Å²) in [5.74, 6) is 0.386. The normalized spacial score (nSPS) is 9.50. The summed E-state index contributed by atoms with van der Waals surface area (Å²) in [6.07, 6.45) is 2.94. The van der Waals surface area contributed by atoms with E-state index in [9.17, 15) is 4.79 Å². The molecule has 0 radical (unpaired) electrons. The minimum Gasteiger partial charge on any atom is -0.383 e. The van der Waals surface area contributed by atoms with Gasteiger partial charge in [0.05, 0.1) is 0 Å². The van der Waals surface area contributed by atoms with E-state index in [1.54, 1.807) is 6.20 Å². The van der Waals surface area contributed by atoms with Crippen LogP contribution in [-0.2, 0) is 6.54 Å². The number of rotatable bonds is 3. The number of hydrogen-bond donors (Lipinski definition) is 3. The second kappa shape index (κ2) is 5.00. The Hall–Kier alpha value is -1.85. The van der Waals surface area contributed by atoms with Crippen molar-refractivity contribution >= 4 is 11.8 Å². The van der Waals surface area contributed by atoms with E-state index in [0.717, 1.165) is 0 Å². The number of nitrogens with zero attached hydrogens (tertiary/aromatic N) is 2. The number of aromatic nitrogens is 2. The lowest BCUT2D eigenvalue weighted by Gasteiger charge is -2.06. The van der Waals surface area contributed by atoms with Gasteiger partial charge in [-0.3, -0.25) is 0 Å². The van der Waals surface area contributed by atoms with Crippen molar-refractivity contribution in [3.05, 3.63) is 18.1 Å². The smallest absolute Gasteiger partial charge is 0.315 e. The minimum atomic E-state index is -0.226. The lowest BCUT2D eigenvalue weighted by molar-refractivity contribution is 0.241. The van der Waals surface area contributed by atoms with Gasteiger partial charge in [0.25, 0.3) is 0 Å². The number of nitrogen functional groups attached to an aromatic ring is 1. The Kier molecular flexibility index (Phi) is 3.66. The summed E-state index contributed by atoms with van der Waals surface area (Å²) >= 11 is 0. The third-order valence-electron chi connectivity index (χ3n) is 1.60. The zero-order valence-electron chi connectivity index (χ0n) is 7.95. The maximum atomic E-state index is 11.0. The third kappa shape index (κ3) is 2.89. The van der Waals surface area contributed by atoms with Crippen molar-refractivity contribution in [2.45, 2.75) is 13.5 Å². The third-order valence-corrected chi connectivity index (χ3v) is 1.60. The van der Waals surface area contributed by atoms with E-state index in [1.807, 2.05) is 6.92 Å². The summed E-state index contributed by atoms with van der Waals surface area (Å²) in [7, 11) is 0. The number of urea groups is 1. The van der Waals surface area contributed by atoms with Crippen molar-refractivity contribution in [2.24, 2.45) is 0 Å². The first kappa shape index (κ1) is 10.2. The van der Waals surface area contributed by atoms with Gasteiger partial charge in [0.2, 0.25) is 0 Å². The molecule has 1 aromatic heterocycles. The first-order chi connectivity index (χ1) is 6.74. The predicted octanol–water partition coefficient (Wildman–Crippen LogP) is -0.122. The number of hydrogen-bond acceptors (Lipinski definition) is 4. The molecule has 0 unspecified atom stereocenters. The molecule has 14 heavy (non-hydrogen) atoms. The number of carbonyl (C=O) groups is 1. The summed E-state index contributed by atoms with van der Waals surface area (Å²) in [6.45, 7) is 2.77. The number of nitrogens with one attached hydrogen (secondary N) is 2. The Morgan fingerprint density at radius 2 is 2.36 bits per heavy atom. The predicted molar refractivity (Wildman–Crippen MR) is 52.4 cm³/mol. The van der Waals surface area contributed by atoms with Crippen molar-refractivity contribution in [2.75, 3.05) is 12.3 Å². The molecule has 2 amide bonds. The van der Waals surface area contributed by atoms with E-state index in [4.69, 9.17) is 5.73 Å². The monoisotopic (exact) mass is 195 g/mol. The fourth-order valence-electron chi connectivity index (χ4n) is 0.903. The average Bonchev–Trinajstić information content (AvgIpc) is 2.17. The maximum absolute atomic E-state index is 11.0. The number of amides is 2. The fourth-order valence-corrected chi connectivity index (χ4v) is 0.903. The highest BCUT2D eigenvalue weighted by atomic mass is 16.2. The summed E-state index contributed by atoms with van der Waals surface area (Å²) in [5, 5.41) is 5.23. The molecule has 1 heterocycles. The Morgan fingerprint density at radius 1 is 1.57 bits per heavy atom. The molecule has 0 aliphatic carbocycles. The lowest BCUT2D eigenvalue weighted by atomic mass is 10.3. The van der Waals surface area contributed by atoms with Crippen molar-refractivity contribution in [3.63, 3.8) is 0 Å². The van der Waals surface area contributed by atoms with Crippen molar-refractivity contribution in [1.82, 2.24) is 20.6 Å². The van der Waals surface area contributed by atoms with E-state index >= 15 is 0 Å². The molecule has 6 nitrogen and oxygen atoms in total. The second-order valence-corrected chi connectivity index (χ2v) is 2.65. The molecule has 0 bridgehead atoms. The molecule has 1 aromatic rings. The van der Waals surface area contributed by atoms with Crippen LogP contribution in [0.5, 0.6) is 0 Å².